The number of benzene rings is 4. The highest BCUT2D eigenvalue weighted by atomic mass is 14.9. The van der Waals surface area contributed by atoms with E-state index in [9.17, 15) is 0 Å². The van der Waals surface area contributed by atoms with Gasteiger partial charge in [0.2, 0.25) is 22.8 Å². The summed E-state index contributed by atoms with van der Waals surface area (Å²) in [7, 11) is 6.92. The lowest BCUT2D eigenvalue weighted by molar-refractivity contribution is -0.661. The number of nitrogens with zero attached hydrogens (tertiary/aromatic N) is 4. The maximum absolute atomic E-state index is 7.88. The van der Waals surface area contributed by atoms with Crippen LogP contribution < -0.4 is 18.3 Å². The molecule has 360 valence electrons. The van der Waals surface area contributed by atoms with E-state index in [-0.39, 0.29) is 0 Å². The first-order valence-electron chi connectivity index (χ1n) is 27.2. The van der Waals surface area contributed by atoms with Crippen molar-refractivity contribution in [2.24, 2.45) is 28.2 Å². The molecule has 69 heavy (non-hydrogen) atoms. The molecule has 0 saturated carbocycles. The quantitative estimate of drug-likeness (QED) is 0.135. The lowest BCUT2D eigenvalue weighted by atomic mass is 10.0. The fourth-order valence-electron chi connectivity index (χ4n) is 9.08. The Bertz CT molecular complexity index is 3030. The molecule has 0 aliphatic rings. The number of aromatic nitrogens is 4. The van der Waals surface area contributed by atoms with Gasteiger partial charge in [-0.3, -0.25) is 0 Å². The fourth-order valence-corrected chi connectivity index (χ4v) is 9.08. The molecule has 0 amide bonds. The molecule has 4 aromatic carbocycles. The van der Waals surface area contributed by atoms with E-state index in [2.05, 4.69) is 232 Å². The van der Waals surface area contributed by atoms with Gasteiger partial charge in [0.15, 0.2) is 24.8 Å². The summed E-state index contributed by atoms with van der Waals surface area (Å²) in [4.78, 5) is 0. The lowest BCUT2D eigenvalue weighted by Crippen LogP contribution is -2.32. The Labute approximate surface area is 425 Å². The van der Waals surface area contributed by atoms with Crippen molar-refractivity contribution in [2.75, 3.05) is 0 Å². The van der Waals surface area contributed by atoms with Crippen LogP contribution in [0.25, 0.3) is 45.0 Å². The van der Waals surface area contributed by atoms with Gasteiger partial charge in [-0.2, -0.15) is 0 Å². The number of rotatable bonds is 8. The van der Waals surface area contributed by atoms with E-state index in [1.165, 1.54) is 95.0 Å². The van der Waals surface area contributed by atoms with Crippen LogP contribution in [0.15, 0.2) is 146 Å². The van der Waals surface area contributed by atoms with E-state index in [0.717, 1.165) is 36.1 Å². The molecule has 0 atom stereocenters. The second kappa shape index (κ2) is 25.7. The smallest absolute Gasteiger partial charge is 0.201 e. The molecule has 0 spiro atoms. The van der Waals surface area contributed by atoms with Gasteiger partial charge in [0.05, 0.1) is 0 Å². The van der Waals surface area contributed by atoms with Crippen molar-refractivity contribution in [1.29, 1.82) is 0 Å². The summed E-state index contributed by atoms with van der Waals surface area (Å²) in [5.41, 5.74) is 25.5. The summed E-state index contributed by atoms with van der Waals surface area (Å²) in [6.45, 7) is 25.4. The lowest BCUT2D eigenvalue weighted by Gasteiger charge is -2.07. The van der Waals surface area contributed by atoms with Crippen LogP contribution in [0.3, 0.4) is 0 Å². The largest absolute Gasteiger partial charge is 0.212 e. The second-order valence-corrected chi connectivity index (χ2v) is 18.4. The van der Waals surface area contributed by atoms with Crippen LogP contribution in [0, 0.1) is 55.4 Å². The summed E-state index contributed by atoms with van der Waals surface area (Å²) < 4.78 is 42.2. The summed E-state index contributed by atoms with van der Waals surface area (Å²) in [6, 6.07) is 42.9. The Morgan fingerprint density at radius 1 is 0.348 bits per heavy atom. The molecule has 0 radical (unpaired) electrons. The average molecular weight is 926 g/mol. The summed E-state index contributed by atoms with van der Waals surface area (Å²) in [5, 5.41) is 0. The molecular weight excluding hydrogens is 837 g/mol. The molecule has 0 N–H and O–H groups in total. The number of hydrogen-bond donors (Lipinski definition) is 0. The van der Waals surface area contributed by atoms with E-state index in [0.29, 0.717) is 0 Å². The van der Waals surface area contributed by atoms with E-state index < -0.39 is 13.7 Å². The van der Waals surface area contributed by atoms with Gasteiger partial charge in [-0.15, -0.1) is 0 Å². The van der Waals surface area contributed by atoms with Gasteiger partial charge in [-0.25, -0.2) is 18.3 Å². The third kappa shape index (κ3) is 13.8. The maximum atomic E-state index is 7.88. The molecule has 0 fully saturated rings. The first kappa shape index (κ1) is 47.5. The molecule has 0 unspecified atom stereocenters. The molecule has 0 aliphatic heterocycles. The van der Waals surface area contributed by atoms with E-state index in [4.69, 9.17) is 6.85 Å². The summed E-state index contributed by atoms with van der Waals surface area (Å²) in [5.74, 6) is 0. The highest BCUT2D eigenvalue weighted by Crippen LogP contribution is 2.25. The van der Waals surface area contributed by atoms with Gasteiger partial charge in [0.1, 0.15) is 28.2 Å². The highest BCUT2D eigenvalue weighted by Gasteiger charge is 2.18. The monoisotopic (exact) mass is 926 g/mol. The first-order valence-corrected chi connectivity index (χ1v) is 24.4. The topological polar surface area (TPSA) is 15.5 Å². The van der Waals surface area contributed by atoms with Crippen LogP contribution in [-0.2, 0) is 53.8 Å². The van der Waals surface area contributed by atoms with Gasteiger partial charge >= 0.3 is 0 Å². The number of aryl methyl sites for hydroxylation is 16. The minimum absolute atomic E-state index is 0.743. The van der Waals surface area contributed by atoms with Crippen molar-refractivity contribution in [1.82, 2.24) is 0 Å². The van der Waals surface area contributed by atoms with Crippen LogP contribution >= 0.6 is 0 Å². The molecule has 0 bridgehead atoms. The molecule has 0 aliphatic carbocycles. The van der Waals surface area contributed by atoms with Gasteiger partial charge in [-0.05, 0) is 150 Å². The molecule has 4 heteroatoms. The minimum atomic E-state index is -1.42. The Hall–Kier alpha value is -6.52. The number of hydrogen-bond acceptors (Lipinski definition) is 0. The zero-order chi connectivity index (χ0) is 55.0. The van der Waals surface area contributed by atoms with E-state index in [1.807, 2.05) is 36.9 Å². The van der Waals surface area contributed by atoms with Gasteiger partial charge < -0.3 is 0 Å². The van der Waals surface area contributed by atoms with Crippen LogP contribution in [0.5, 0.6) is 0 Å². The Morgan fingerprint density at radius 2 is 0.609 bits per heavy atom. The molecule has 8 rings (SSSR count). The number of pyridine rings is 4. The van der Waals surface area contributed by atoms with Crippen molar-refractivity contribution in [3.05, 3.63) is 213 Å². The van der Waals surface area contributed by atoms with Crippen molar-refractivity contribution < 1.29 is 25.1 Å². The second-order valence-electron chi connectivity index (χ2n) is 18.4. The third-order valence-electron chi connectivity index (χ3n) is 13.3. The zero-order valence-corrected chi connectivity index (χ0v) is 44.8. The SMILES string of the molecule is CCc1c[n+](C)c(-c2ccccc2C)cc1C.CCc1c[n+](C)c(-c2ccccc2C)cc1C.CCc1cc(-c2ccccc2C)[n+](C)cc1C.[2H]C([2H])(C)c1c[n+](C)c(-c2ccccc2C)cc1C.[2H]C([2H])[2H]. The Kier molecular flexibility index (Phi) is 17.7. The molecule has 0 saturated heterocycles. The van der Waals surface area contributed by atoms with Gasteiger partial charge in [0.25, 0.3) is 0 Å². The van der Waals surface area contributed by atoms with E-state index in [1.54, 1.807) is 6.92 Å². The highest BCUT2D eigenvalue weighted by molar-refractivity contribution is 5.64. The van der Waals surface area contributed by atoms with Crippen molar-refractivity contribution in [3.63, 3.8) is 0 Å². The normalized spacial score (nSPS) is 11.6. The molecule has 4 heterocycles. The average Bonchev–Trinajstić information content (AvgIpc) is 3.34. The van der Waals surface area contributed by atoms with Crippen LogP contribution in [0.2, 0.25) is 0 Å². The van der Waals surface area contributed by atoms with Crippen molar-refractivity contribution in [2.45, 2.75) is 116 Å². The Morgan fingerprint density at radius 3 is 0.899 bits per heavy atom. The molecule has 4 nitrogen and oxygen atoms in total. The predicted octanol–water partition coefficient (Wildman–Crippen LogP) is 14.1. The molecule has 8 aromatic rings. The van der Waals surface area contributed by atoms with Crippen molar-refractivity contribution in [3.8, 4) is 45.0 Å². The summed E-state index contributed by atoms with van der Waals surface area (Å²) >= 11 is 0. The first-order chi connectivity index (χ1) is 34.9. The van der Waals surface area contributed by atoms with Gasteiger partial charge in [-0.1, -0.05) is 108 Å². The maximum Gasteiger partial charge on any atom is 0.212 e. The zero-order valence-electron chi connectivity index (χ0n) is 49.8. The standard InChI is InChI=1S/4C16H20N.CH4/c1-5-14-10-16(17(4)11-13(14)3)15-9-7-6-8-12(15)2;3*1-5-14-11-17(4)16(10-13(14)3)15-9-7-6-8-12(15)2;/h4*6-11H,5H2,1-4H3;1H4/q4*+1;/i;5D2;;;1D3. The summed E-state index contributed by atoms with van der Waals surface area (Å²) in [6.07, 6.45) is 10.6. The fraction of sp³-hybridized carbons (Fsp3) is 0.323. The predicted molar refractivity (Wildman–Crippen MR) is 294 cm³/mol. The Balaban J connectivity index is 0.000000208. The van der Waals surface area contributed by atoms with Crippen molar-refractivity contribution >= 4 is 0 Å². The van der Waals surface area contributed by atoms with E-state index >= 15 is 0 Å². The van der Waals surface area contributed by atoms with Crippen LogP contribution in [0.4, 0.5) is 0 Å². The molecule has 4 aromatic heterocycles. The van der Waals surface area contributed by atoms with Crippen LogP contribution in [0.1, 0.15) is 109 Å². The molecular formula is C65H84N4+4. The minimum Gasteiger partial charge on any atom is -0.201 e. The van der Waals surface area contributed by atoms with Crippen LogP contribution in [-0.4, -0.2) is 0 Å². The third-order valence-corrected chi connectivity index (χ3v) is 13.3. The van der Waals surface area contributed by atoms with Gasteiger partial charge in [0, 0.05) is 75.6 Å².